The van der Waals surface area contributed by atoms with Gasteiger partial charge in [-0.05, 0) is 74.4 Å². The highest BCUT2D eigenvalue weighted by molar-refractivity contribution is 6.13. The number of phenols is 1. The number of piperazine rings is 1. The van der Waals surface area contributed by atoms with Crippen molar-refractivity contribution in [2.75, 3.05) is 37.7 Å². The van der Waals surface area contributed by atoms with Gasteiger partial charge in [0.1, 0.15) is 29.9 Å². The first-order valence-corrected chi connectivity index (χ1v) is 15.6. The van der Waals surface area contributed by atoms with E-state index in [4.69, 9.17) is 14.7 Å². The van der Waals surface area contributed by atoms with Crippen molar-refractivity contribution in [1.82, 2.24) is 20.2 Å². The average molecular weight is 600 g/mol. The Balaban J connectivity index is 1.25. The molecule has 2 aromatic heterocycles. The molecule has 4 aliphatic heterocycles. The van der Waals surface area contributed by atoms with E-state index in [0.29, 0.717) is 65.0 Å². The number of benzene rings is 2. The van der Waals surface area contributed by atoms with E-state index in [-0.39, 0.29) is 16.9 Å². The number of carbonyl (C=O) groups excluding carboxylic acids is 1. The maximum absolute atomic E-state index is 15.0. The zero-order valence-corrected chi connectivity index (χ0v) is 24.7. The Morgan fingerprint density at radius 2 is 1.98 bits per heavy atom. The van der Waals surface area contributed by atoms with Gasteiger partial charge in [0.15, 0.2) is 5.78 Å². The van der Waals surface area contributed by atoms with Gasteiger partial charge in [0.05, 0.1) is 22.3 Å². The molecule has 8 nitrogen and oxygen atoms in total. The normalized spacial score (nSPS) is 26.5. The van der Waals surface area contributed by atoms with E-state index in [1.54, 1.807) is 12.3 Å². The Kier molecular flexibility index (Phi) is 6.50. The highest BCUT2D eigenvalue weighted by Crippen LogP contribution is 2.42. The summed E-state index contributed by atoms with van der Waals surface area (Å²) in [6, 6.07) is 10.5. The SMILES string of the molecule is CC(=O)c1c(F)ccc2cc(O)cc(-c3cnc4c(N5C[C@H]6CC[C@@H](C5)N6)cc(OC[C@@]56CCCN5C[C@H](F)C6)nc4c3)c12. The van der Waals surface area contributed by atoms with Crippen molar-refractivity contribution in [3.63, 3.8) is 0 Å². The molecule has 4 aliphatic rings. The van der Waals surface area contributed by atoms with Crippen LogP contribution >= 0.6 is 0 Å². The van der Waals surface area contributed by atoms with E-state index in [1.165, 1.54) is 25.1 Å². The van der Waals surface area contributed by atoms with E-state index in [0.717, 1.165) is 56.5 Å². The van der Waals surface area contributed by atoms with E-state index >= 15 is 0 Å². The number of aromatic nitrogens is 2. The van der Waals surface area contributed by atoms with Crippen LogP contribution in [0.1, 0.15) is 49.4 Å². The van der Waals surface area contributed by atoms with Crippen molar-refractivity contribution < 1.29 is 23.4 Å². The largest absolute Gasteiger partial charge is 0.508 e. The van der Waals surface area contributed by atoms with E-state index in [2.05, 4.69) is 15.1 Å². The molecular formula is C34H35F2N5O3. The smallest absolute Gasteiger partial charge is 0.216 e. The number of alkyl halides is 1. The molecule has 10 heteroatoms. The van der Waals surface area contributed by atoms with Gasteiger partial charge >= 0.3 is 0 Å². The second-order valence-electron chi connectivity index (χ2n) is 13.0. The molecule has 2 aromatic carbocycles. The summed E-state index contributed by atoms with van der Waals surface area (Å²) in [7, 11) is 0. The fourth-order valence-electron chi connectivity index (χ4n) is 8.18. The van der Waals surface area contributed by atoms with Gasteiger partial charge in [-0.1, -0.05) is 6.07 Å². The molecule has 4 saturated heterocycles. The number of carbonyl (C=O) groups is 1. The van der Waals surface area contributed by atoms with Crippen LogP contribution < -0.4 is 15.0 Å². The number of hydrogen-bond donors (Lipinski definition) is 2. The molecule has 0 spiro atoms. The number of rotatable bonds is 6. The number of phenolic OH excluding ortho intramolecular Hbond substituents is 1. The number of hydrogen-bond acceptors (Lipinski definition) is 8. The minimum Gasteiger partial charge on any atom is -0.508 e. The van der Waals surface area contributed by atoms with Crippen molar-refractivity contribution in [2.45, 2.75) is 62.8 Å². The molecule has 44 heavy (non-hydrogen) atoms. The minimum absolute atomic E-state index is 0.00108. The summed E-state index contributed by atoms with van der Waals surface area (Å²) in [5.74, 6) is -0.560. The number of ketones is 1. The van der Waals surface area contributed by atoms with Crippen molar-refractivity contribution in [2.24, 2.45) is 0 Å². The molecule has 2 N–H and O–H groups in total. The number of Topliss-reactive ketones (excluding diaryl/α,β-unsaturated/α-hetero) is 1. The summed E-state index contributed by atoms with van der Waals surface area (Å²) in [5, 5.41) is 15.2. The molecule has 4 aromatic rings. The number of pyridine rings is 2. The lowest BCUT2D eigenvalue weighted by atomic mass is 9.93. The molecule has 2 bridgehead atoms. The topological polar surface area (TPSA) is 90.8 Å². The predicted octanol–water partition coefficient (Wildman–Crippen LogP) is 5.39. The molecule has 6 heterocycles. The number of nitrogens with one attached hydrogen (secondary N) is 1. The summed E-state index contributed by atoms with van der Waals surface area (Å²) in [5.41, 5.74) is 3.00. The molecule has 4 fully saturated rings. The zero-order chi connectivity index (χ0) is 30.2. The van der Waals surface area contributed by atoms with Crippen LogP contribution in [0.3, 0.4) is 0 Å². The Morgan fingerprint density at radius 3 is 2.77 bits per heavy atom. The number of aromatic hydroxyl groups is 1. The third kappa shape index (κ3) is 4.57. The number of nitrogens with zero attached hydrogens (tertiary/aromatic N) is 4. The molecule has 228 valence electrons. The fourth-order valence-corrected chi connectivity index (χ4v) is 8.18. The minimum atomic E-state index is -0.844. The van der Waals surface area contributed by atoms with Crippen LogP contribution in [-0.2, 0) is 0 Å². The molecule has 0 saturated carbocycles. The molecular weight excluding hydrogens is 564 g/mol. The van der Waals surface area contributed by atoms with Crippen molar-refractivity contribution in [3.8, 4) is 22.8 Å². The zero-order valence-electron chi connectivity index (χ0n) is 24.7. The van der Waals surface area contributed by atoms with Gasteiger partial charge in [0.25, 0.3) is 0 Å². The van der Waals surface area contributed by atoms with Gasteiger partial charge in [0.2, 0.25) is 5.88 Å². The quantitative estimate of drug-likeness (QED) is 0.285. The van der Waals surface area contributed by atoms with Gasteiger partial charge in [-0.2, -0.15) is 0 Å². The van der Waals surface area contributed by atoms with Crippen LogP contribution in [0.5, 0.6) is 11.6 Å². The maximum Gasteiger partial charge on any atom is 0.216 e. The standard InChI is InChI=1S/C34H35F2N5O3/c1-19(42)31-27(36)6-3-20-9-25(43)11-26(32(20)31)21-10-28-33(37-14-21)29(40-16-23-4-5-24(17-40)38-23)12-30(39-28)44-18-34-7-2-8-41(34)15-22(35)13-34/h3,6,9-12,14,22-24,38,43H,2,4-5,7-8,13,15-18H2,1H3/t22-,23-,24+,34+/m1/s1. The summed E-state index contributed by atoms with van der Waals surface area (Å²) in [6.45, 7) is 4.74. The van der Waals surface area contributed by atoms with Crippen LogP contribution in [0.2, 0.25) is 0 Å². The molecule has 8 rings (SSSR count). The van der Waals surface area contributed by atoms with Gasteiger partial charge in [-0.25, -0.2) is 13.8 Å². The van der Waals surface area contributed by atoms with Crippen LogP contribution in [0.4, 0.5) is 14.5 Å². The molecule has 0 radical (unpaired) electrons. The third-order valence-corrected chi connectivity index (χ3v) is 10.1. The predicted molar refractivity (Wildman–Crippen MR) is 165 cm³/mol. The molecule has 4 atom stereocenters. The Bertz CT molecular complexity index is 1810. The van der Waals surface area contributed by atoms with Gasteiger partial charge in [-0.3, -0.25) is 14.7 Å². The monoisotopic (exact) mass is 599 g/mol. The van der Waals surface area contributed by atoms with Crippen LogP contribution in [0.25, 0.3) is 32.9 Å². The summed E-state index contributed by atoms with van der Waals surface area (Å²) >= 11 is 0. The van der Waals surface area contributed by atoms with Crippen molar-refractivity contribution in [3.05, 3.63) is 54.0 Å². The van der Waals surface area contributed by atoms with Crippen molar-refractivity contribution >= 4 is 33.3 Å². The van der Waals surface area contributed by atoms with Crippen LogP contribution in [0.15, 0.2) is 42.6 Å². The van der Waals surface area contributed by atoms with Crippen LogP contribution in [0, 0.1) is 5.82 Å². The molecule has 0 aliphatic carbocycles. The molecule has 0 unspecified atom stereocenters. The number of anilines is 1. The van der Waals surface area contributed by atoms with E-state index < -0.39 is 17.8 Å². The second-order valence-corrected chi connectivity index (χ2v) is 13.0. The Labute approximate surface area is 254 Å². The highest BCUT2D eigenvalue weighted by Gasteiger charge is 2.49. The van der Waals surface area contributed by atoms with Crippen LogP contribution in [-0.4, -0.2) is 82.3 Å². The summed E-state index contributed by atoms with van der Waals surface area (Å²) in [4.78, 5) is 26.9. The van der Waals surface area contributed by atoms with E-state index in [1.807, 2.05) is 12.1 Å². The summed E-state index contributed by atoms with van der Waals surface area (Å²) < 4.78 is 35.9. The van der Waals surface area contributed by atoms with E-state index in [9.17, 15) is 18.7 Å². The second kappa shape index (κ2) is 10.3. The lowest BCUT2D eigenvalue weighted by molar-refractivity contribution is 0.101. The Morgan fingerprint density at radius 1 is 1.16 bits per heavy atom. The number of ether oxygens (including phenoxy) is 1. The first kappa shape index (κ1) is 27.6. The average Bonchev–Trinajstić information content (AvgIpc) is 3.65. The van der Waals surface area contributed by atoms with Gasteiger partial charge in [0, 0.05) is 61.4 Å². The highest BCUT2D eigenvalue weighted by atomic mass is 19.1. The first-order chi connectivity index (χ1) is 21.3. The fraction of sp³-hybridized carbons (Fsp3) is 0.441. The lowest BCUT2D eigenvalue weighted by Gasteiger charge is -2.35. The van der Waals surface area contributed by atoms with Gasteiger partial charge in [-0.15, -0.1) is 0 Å². The first-order valence-electron chi connectivity index (χ1n) is 15.6. The molecule has 0 amide bonds. The maximum atomic E-state index is 15.0. The third-order valence-electron chi connectivity index (χ3n) is 10.1. The Hall–Kier alpha value is -3.89. The van der Waals surface area contributed by atoms with Gasteiger partial charge < -0.3 is 20.1 Å². The number of fused-ring (bicyclic) bond motifs is 5. The summed E-state index contributed by atoms with van der Waals surface area (Å²) in [6.07, 6.45) is 5.53. The lowest BCUT2D eigenvalue weighted by Crippen LogP contribution is -2.51. The number of halogens is 2. The van der Waals surface area contributed by atoms with Crippen molar-refractivity contribution in [1.29, 1.82) is 0 Å².